The fourth-order valence-electron chi connectivity index (χ4n) is 4.55. The van der Waals surface area contributed by atoms with E-state index in [0.29, 0.717) is 18.5 Å². The largest absolute Gasteiger partial charge is 0.478 e. The van der Waals surface area contributed by atoms with Crippen LogP contribution in [0.4, 0.5) is 4.79 Å². The Balaban J connectivity index is 1.42. The molecule has 0 saturated carbocycles. The topological polar surface area (TPSA) is 95.9 Å². The van der Waals surface area contributed by atoms with Crippen molar-refractivity contribution >= 4 is 18.0 Å². The number of rotatable bonds is 6. The van der Waals surface area contributed by atoms with Gasteiger partial charge in [-0.15, -0.1) is 0 Å². The number of ether oxygens (including phenoxy) is 1. The van der Waals surface area contributed by atoms with Crippen LogP contribution in [0.2, 0.25) is 0 Å². The average molecular weight is 449 g/mol. The van der Waals surface area contributed by atoms with Crippen molar-refractivity contribution in [1.29, 1.82) is 0 Å². The first-order valence-corrected chi connectivity index (χ1v) is 11.2. The number of nitrogens with zero attached hydrogens (tertiary/aromatic N) is 1. The number of carbonyl (C=O) groups is 3. The Morgan fingerprint density at radius 3 is 2.21 bits per heavy atom. The number of hydrogen-bond acceptors (Lipinski definition) is 4. The molecule has 4 rings (SSSR count). The zero-order chi connectivity index (χ0) is 23.6. The fourth-order valence-corrected chi connectivity index (χ4v) is 4.55. The molecule has 1 unspecified atom stereocenters. The molecule has 0 fully saturated rings. The van der Waals surface area contributed by atoms with Gasteiger partial charge < -0.3 is 20.1 Å². The van der Waals surface area contributed by atoms with Gasteiger partial charge in [-0.2, -0.15) is 0 Å². The molecule has 1 atom stereocenters. The number of carboxylic acids is 1. The molecule has 2 amide bonds. The van der Waals surface area contributed by atoms with Crippen LogP contribution in [0.25, 0.3) is 11.1 Å². The highest BCUT2D eigenvalue weighted by Gasteiger charge is 2.38. The van der Waals surface area contributed by atoms with Crippen LogP contribution in [0.15, 0.2) is 60.2 Å². The monoisotopic (exact) mass is 448 g/mol. The molecule has 1 aliphatic heterocycles. The Morgan fingerprint density at radius 1 is 1.09 bits per heavy atom. The lowest BCUT2D eigenvalue weighted by Crippen LogP contribution is -2.58. The predicted octanol–water partition coefficient (Wildman–Crippen LogP) is 3.94. The lowest BCUT2D eigenvalue weighted by Gasteiger charge is -2.35. The van der Waals surface area contributed by atoms with Gasteiger partial charge in [0.15, 0.2) is 0 Å². The molecule has 7 nitrogen and oxygen atoms in total. The Morgan fingerprint density at radius 2 is 1.70 bits per heavy atom. The van der Waals surface area contributed by atoms with Gasteiger partial charge in [0.1, 0.15) is 12.1 Å². The van der Waals surface area contributed by atoms with Gasteiger partial charge in [0.2, 0.25) is 5.91 Å². The second kappa shape index (κ2) is 9.10. The van der Waals surface area contributed by atoms with Crippen LogP contribution < -0.4 is 5.32 Å². The average Bonchev–Trinajstić information content (AvgIpc) is 3.16. The second-order valence-corrected chi connectivity index (χ2v) is 8.67. The number of benzene rings is 2. The summed E-state index contributed by atoms with van der Waals surface area (Å²) in [5.74, 6) is -1.27. The van der Waals surface area contributed by atoms with E-state index in [0.717, 1.165) is 22.3 Å². The van der Waals surface area contributed by atoms with E-state index in [-0.39, 0.29) is 31.4 Å². The molecule has 2 aliphatic rings. The van der Waals surface area contributed by atoms with Crippen LogP contribution in [-0.4, -0.2) is 53.2 Å². The molecular weight excluding hydrogens is 420 g/mol. The first-order chi connectivity index (χ1) is 15.8. The molecule has 33 heavy (non-hydrogen) atoms. The SMILES string of the molecule is CCC(C)(NC(=O)OCC1c2ccccc2-c2ccccc21)C(=O)N1CC=C(C(=O)O)CC1. The maximum absolute atomic E-state index is 13.1. The molecule has 7 heteroatoms. The van der Waals surface area contributed by atoms with E-state index >= 15 is 0 Å². The molecule has 0 bridgehead atoms. The second-order valence-electron chi connectivity index (χ2n) is 8.67. The summed E-state index contributed by atoms with van der Waals surface area (Å²) in [7, 11) is 0. The predicted molar refractivity (Wildman–Crippen MR) is 124 cm³/mol. The van der Waals surface area contributed by atoms with Crippen molar-refractivity contribution < 1.29 is 24.2 Å². The summed E-state index contributed by atoms with van der Waals surface area (Å²) in [6, 6.07) is 16.2. The number of nitrogens with one attached hydrogen (secondary N) is 1. The van der Waals surface area contributed by atoms with Crippen LogP contribution in [0.1, 0.15) is 43.7 Å². The van der Waals surface area contributed by atoms with E-state index in [1.807, 2.05) is 31.2 Å². The number of aliphatic carboxylic acids is 1. The fraction of sp³-hybridized carbons (Fsp3) is 0.346. The quantitative estimate of drug-likeness (QED) is 0.698. The number of amides is 2. The molecule has 0 aromatic heterocycles. The van der Waals surface area contributed by atoms with Crippen LogP contribution in [0, 0.1) is 0 Å². The number of carbonyl (C=O) groups excluding carboxylic acids is 2. The van der Waals surface area contributed by atoms with E-state index in [2.05, 4.69) is 29.6 Å². The van der Waals surface area contributed by atoms with Gasteiger partial charge in [-0.1, -0.05) is 61.5 Å². The van der Waals surface area contributed by atoms with Crippen molar-refractivity contribution in [3.8, 4) is 11.1 Å². The smallest absolute Gasteiger partial charge is 0.408 e. The normalized spacial score (nSPS) is 16.8. The van der Waals surface area contributed by atoms with Crippen LogP contribution in [0.5, 0.6) is 0 Å². The van der Waals surface area contributed by atoms with Gasteiger partial charge in [-0.25, -0.2) is 9.59 Å². The van der Waals surface area contributed by atoms with Crippen LogP contribution >= 0.6 is 0 Å². The first-order valence-electron chi connectivity index (χ1n) is 11.2. The minimum atomic E-state index is -1.14. The van der Waals surface area contributed by atoms with Gasteiger partial charge >= 0.3 is 12.1 Å². The van der Waals surface area contributed by atoms with Gasteiger partial charge in [0.05, 0.1) is 0 Å². The van der Waals surface area contributed by atoms with Crippen molar-refractivity contribution in [2.24, 2.45) is 0 Å². The molecular formula is C26H28N2O5. The zero-order valence-electron chi connectivity index (χ0n) is 18.8. The molecule has 2 N–H and O–H groups in total. The molecule has 172 valence electrons. The number of hydrogen-bond donors (Lipinski definition) is 2. The van der Waals surface area contributed by atoms with Crippen molar-refractivity contribution in [2.45, 2.75) is 38.1 Å². The van der Waals surface area contributed by atoms with E-state index in [1.165, 1.54) is 0 Å². The van der Waals surface area contributed by atoms with Crippen molar-refractivity contribution in [2.75, 3.05) is 19.7 Å². The van der Waals surface area contributed by atoms with E-state index in [4.69, 9.17) is 9.84 Å². The Hall–Kier alpha value is -3.61. The van der Waals surface area contributed by atoms with Gasteiger partial charge in [0.25, 0.3) is 0 Å². The summed E-state index contributed by atoms with van der Waals surface area (Å²) in [6.07, 6.45) is 1.56. The lowest BCUT2D eigenvalue weighted by molar-refractivity contribution is -0.138. The summed E-state index contributed by atoms with van der Waals surface area (Å²) < 4.78 is 5.61. The highest BCUT2D eigenvalue weighted by molar-refractivity contribution is 5.91. The Labute approximate surface area is 193 Å². The summed E-state index contributed by atoms with van der Waals surface area (Å²) in [6.45, 7) is 4.18. The van der Waals surface area contributed by atoms with Gasteiger partial charge in [-0.3, -0.25) is 4.79 Å². The highest BCUT2D eigenvalue weighted by atomic mass is 16.5. The van der Waals surface area contributed by atoms with Gasteiger partial charge in [-0.05, 0) is 42.0 Å². The standard InChI is InChI=1S/C26H28N2O5/c1-3-26(2,24(31)28-14-12-17(13-15-28)23(29)30)27-25(32)33-16-22-20-10-6-4-8-18(20)19-9-5-7-11-21(19)22/h4-12,22H,3,13-16H2,1-2H3,(H,27,32)(H,29,30). The zero-order valence-corrected chi connectivity index (χ0v) is 18.8. The molecule has 2 aromatic rings. The number of alkyl carbamates (subject to hydrolysis) is 1. The highest BCUT2D eigenvalue weighted by Crippen LogP contribution is 2.44. The number of carboxylic acid groups (broad SMARTS) is 1. The maximum atomic E-state index is 13.1. The minimum Gasteiger partial charge on any atom is -0.478 e. The summed E-state index contributed by atoms with van der Waals surface area (Å²) in [5.41, 5.74) is 3.70. The molecule has 0 radical (unpaired) electrons. The summed E-state index contributed by atoms with van der Waals surface area (Å²) >= 11 is 0. The van der Waals surface area contributed by atoms with E-state index in [9.17, 15) is 14.4 Å². The van der Waals surface area contributed by atoms with Crippen molar-refractivity contribution in [3.05, 3.63) is 71.3 Å². The molecule has 1 heterocycles. The lowest BCUT2D eigenvalue weighted by atomic mass is 9.95. The Kier molecular flexibility index (Phi) is 6.22. The van der Waals surface area contributed by atoms with Crippen molar-refractivity contribution in [3.63, 3.8) is 0 Å². The van der Waals surface area contributed by atoms with E-state index in [1.54, 1.807) is 17.9 Å². The summed E-state index contributed by atoms with van der Waals surface area (Å²) in [4.78, 5) is 38.6. The summed E-state index contributed by atoms with van der Waals surface area (Å²) in [5, 5.41) is 11.9. The molecule has 2 aromatic carbocycles. The minimum absolute atomic E-state index is 0.0617. The number of fused-ring (bicyclic) bond motifs is 3. The van der Waals surface area contributed by atoms with Gasteiger partial charge in [0, 0.05) is 24.6 Å². The molecule has 1 aliphatic carbocycles. The van der Waals surface area contributed by atoms with Crippen molar-refractivity contribution in [1.82, 2.24) is 10.2 Å². The van der Waals surface area contributed by atoms with Crippen LogP contribution in [0.3, 0.4) is 0 Å². The van der Waals surface area contributed by atoms with Crippen LogP contribution in [-0.2, 0) is 14.3 Å². The Bertz CT molecular complexity index is 1080. The molecule has 0 saturated heterocycles. The molecule has 0 spiro atoms. The maximum Gasteiger partial charge on any atom is 0.408 e. The first kappa shape index (κ1) is 22.6. The third-order valence-corrected chi connectivity index (χ3v) is 6.67. The third kappa shape index (κ3) is 4.35. The van der Waals surface area contributed by atoms with E-state index < -0.39 is 17.6 Å². The third-order valence-electron chi connectivity index (χ3n) is 6.67.